The molecule has 21 heavy (non-hydrogen) atoms. The molecular weight excluding hydrogens is 268 g/mol. The third kappa shape index (κ3) is 2.78. The van der Waals surface area contributed by atoms with Gasteiger partial charge in [-0.2, -0.15) is 0 Å². The lowest BCUT2D eigenvalue weighted by Crippen LogP contribution is -2.43. The first kappa shape index (κ1) is 15.5. The van der Waals surface area contributed by atoms with Gasteiger partial charge >= 0.3 is 5.97 Å². The molecule has 0 radical (unpaired) electrons. The molecule has 0 aromatic heterocycles. The second-order valence-electron chi connectivity index (χ2n) is 6.01. The maximum Gasteiger partial charge on any atom is 0.311 e. The van der Waals surface area contributed by atoms with Crippen LogP contribution in [0.3, 0.4) is 0 Å². The van der Waals surface area contributed by atoms with Gasteiger partial charge in [-0.15, -0.1) is 0 Å². The van der Waals surface area contributed by atoms with Crippen LogP contribution in [-0.4, -0.2) is 35.0 Å². The number of nitrogens with two attached hydrogens (primary N) is 1. The second kappa shape index (κ2) is 5.85. The molecule has 5 heteroatoms. The molecule has 1 heterocycles. The molecule has 2 rings (SSSR count). The summed E-state index contributed by atoms with van der Waals surface area (Å²) in [5.74, 6) is -1.06. The minimum atomic E-state index is -0.855. The summed E-state index contributed by atoms with van der Waals surface area (Å²) in [6, 6.07) is 8.43. The van der Waals surface area contributed by atoms with Gasteiger partial charge in [-0.3, -0.25) is 9.59 Å². The SMILES string of the molecule is CC(C)C1(C(=O)O)CCN(C(=O)[C@H](N)c2ccccc2)C1. The fourth-order valence-electron chi connectivity index (χ4n) is 2.91. The summed E-state index contributed by atoms with van der Waals surface area (Å²) >= 11 is 0. The topological polar surface area (TPSA) is 83.6 Å². The molecule has 2 atom stereocenters. The number of carboxylic acid groups (broad SMARTS) is 1. The monoisotopic (exact) mass is 290 g/mol. The Morgan fingerprint density at radius 3 is 2.38 bits per heavy atom. The first-order valence-electron chi connectivity index (χ1n) is 7.21. The number of nitrogens with zero attached hydrogens (tertiary/aromatic N) is 1. The Labute approximate surface area is 124 Å². The molecule has 1 unspecified atom stereocenters. The van der Waals surface area contributed by atoms with Gasteiger partial charge in [0.2, 0.25) is 5.91 Å². The first-order valence-corrected chi connectivity index (χ1v) is 7.21. The van der Waals surface area contributed by atoms with Crippen LogP contribution in [0.1, 0.15) is 31.9 Å². The maximum absolute atomic E-state index is 12.5. The minimum absolute atomic E-state index is 0.0271. The number of carbonyl (C=O) groups excluding carboxylic acids is 1. The number of hydrogen-bond acceptors (Lipinski definition) is 3. The molecule has 3 N–H and O–H groups in total. The predicted octanol–water partition coefficient (Wildman–Crippen LogP) is 1.65. The van der Waals surface area contributed by atoms with E-state index in [9.17, 15) is 14.7 Å². The van der Waals surface area contributed by atoms with Crippen LogP contribution in [0.15, 0.2) is 30.3 Å². The number of aliphatic carboxylic acids is 1. The Bertz CT molecular complexity index is 530. The third-order valence-electron chi connectivity index (χ3n) is 4.57. The van der Waals surface area contributed by atoms with Gasteiger partial charge in [0.25, 0.3) is 0 Å². The fourth-order valence-corrected chi connectivity index (χ4v) is 2.91. The van der Waals surface area contributed by atoms with E-state index in [-0.39, 0.29) is 18.4 Å². The smallest absolute Gasteiger partial charge is 0.311 e. The van der Waals surface area contributed by atoms with Crippen LogP contribution >= 0.6 is 0 Å². The van der Waals surface area contributed by atoms with Crippen molar-refractivity contribution in [3.05, 3.63) is 35.9 Å². The molecule has 1 fully saturated rings. The van der Waals surface area contributed by atoms with E-state index in [1.54, 1.807) is 4.90 Å². The molecule has 1 aliphatic heterocycles. The van der Waals surface area contributed by atoms with Crippen molar-refractivity contribution in [2.75, 3.05) is 13.1 Å². The number of carbonyl (C=O) groups is 2. The van der Waals surface area contributed by atoms with Gasteiger partial charge in [-0.25, -0.2) is 0 Å². The maximum atomic E-state index is 12.5. The third-order valence-corrected chi connectivity index (χ3v) is 4.57. The van der Waals surface area contributed by atoms with Crippen LogP contribution in [0.2, 0.25) is 0 Å². The molecule has 0 bridgehead atoms. The van der Waals surface area contributed by atoms with Crippen molar-refractivity contribution in [3.63, 3.8) is 0 Å². The van der Waals surface area contributed by atoms with Crippen molar-refractivity contribution < 1.29 is 14.7 Å². The number of carboxylic acids is 1. The summed E-state index contributed by atoms with van der Waals surface area (Å²) in [6.07, 6.45) is 0.479. The lowest BCUT2D eigenvalue weighted by atomic mass is 9.76. The average Bonchev–Trinajstić information content (AvgIpc) is 2.93. The van der Waals surface area contributed by atoms with Crippen LogP contribution in [0.4, 0.5) is 0 Å². The summed E-state index contributed by atoms with van der Waals surface area (Å²) in [4.78, 5) is 25.7. The summed E-state index contributed by atoms with van der Waals surface area (Å²) < 4.78 is 0. The highest BCUT2D eigenvalue weighted by Gasteiger charge is 2.48. The van der Waals surface area contributed by atoms with E-state index in [2.05, 4.69) is 0 Å². The van der Waals surface area contributed by atoms with Gasteiger partial charge in [0.15, 0.2) is 0 Å². The van der Waals surface area contributed by atoms with Crippen LogP contribution in [-0.2, 0) is 9.59 Å². The molecule has 1 amide bonds. The van der Waals surface area contributed by atoms with Crippen molar-refractivity contribution in [3.8, 4) is 0 Å². The number of amides is 1. The Hall–Kier alpha value is -1.88. The average molecular weight is 290 g/mol. The molecule has 0 saturated carbocycles. The Morgan fingerprint density at radius 2 is 1.90 bits per heavy atom. The van der Waals surface area contributed by atoms with Crippen LogP contribution < -0.4 is 5.73 Å². The number of likely N-dealkylation sites (tertiary alicyclic amines) is 1. The molecule has 114 valence electrons. The molecular formula is C16H22N2O3. The second-order valence-corrected chi connectivity index (χ2v) is 6.01. The summed E-state index contributed by atoms with van der Waals surface area (Å²) in [6.45, 7) is 4.46. The Balaban J connectivity index is 2.14. The summed E-state index contributed by atoms with van der Waals surface area (Å²) in [5, 5.41) is 9.52. The van der Waals surface area contributed by atoms with Gasteiger partial charge in [-0.1, -0.05) is 44.2 Å². The lowest BCUT2D eigenvalue weighted by Gasteiger charge is -2.29. The van der Waals surface area contributed by atoms with E-state index in [4.69, 9.17) is 5.73 Å². The van der Waals surface area contributed by atoms with Crippen molar-refractivity contribution >= 4 is 11.9 Å². The normalized spacial score (nSPS) is 23.3. The van der Waals surface area contributed by atoms with Crippen molar-refractivity contribution in [2.24, 2.45) is 17.1 Å². The van der Waals surface area contributed by atoms with Gasteiger partial charge < -0.3 is 15.7 Å². The van der Waals surface area contributed by atoms with Gasteiger partial charge in [0.1, 0.15) is 6.04 Å². The number of rotatable bonds is 4. The molecule has 1 aliphatic rings. The van der Waals surface area contributed by atoms with Crippen molar-refractivity contribution in [1.29, 1.82) is 0 Å². The highest BCUT2D eigenvalue weighted by Crippen LogP contribution is 2.38. The predicted molar refractivity (Wildman–Crippen MR) is 79.5 cm³/mol. The zero-order valence-electron chi connectivity index (χ0n) is 12.5. The quantitative estimate of drug-likeness (QED) is 0.883. The molecule has 1 aromatic carbocycles. The van der Waals surface area contributed by atoms with E-state index in [1.807, 2.05) is 44.2 Å². The zero-order valence-corrected chi connectivity index (χ0v) is 12.5. The van der Waals surface area contributed by atoms with E-state index in [1.165, 1.54) is 0 Å². The van der Waals surface area contributed by atoms with Crippen LogP contribution in [0.25, 0.3) is 0 Å². The van der Waals surface area contributed by atoms with E-state index in [0.29, 0.717) is 13.0 Å². The van der Waals surface area contributed by atoms with Gasteiger partial charge in [0, 0.05) is 13.1 Å². The van der Waals surface area contributed by atoms with Gasteiger partial charge in [-0.05, 0) is 17.9 Å². The van der Waals surface area contributed by atoms with Crippen molar-refractivity contribution in [2.45, 2.75) is 26.3 Å². The number of hydrogen-bond donors (Lipinski definition) is 2. The minimum Gasteiger partial charge on any atom is -0.481 e. The van der Waals surface area contributed by atoms with E-state index in [0.717, 1.165) is 5.56 Å². The van der Waals surface area contributed by atoms with Crippen molar-refractivity contribution in [1.82, 2.24) is 4.90 Å². The van der Waals surface area contributed by atoms with Crippen LogP contribution in [0, 0.1) is 11.3 Å². The largest absolute Gasteiger partial charge is 0.481 e. The van der Waals surface area contributed by atoms with E-state index < -0.39 is 17.4 Å². The first-order chi connectivity index (χ1) is 9.88. The highest BCUT2D eigenvalue weighted by atomic mass is 16.4. The highest BCUT2D eigenvalue weighted by molar-refractivity contribution is 5.85. The zero-order chi connectivity index (χ0) is 15.6. The standard InChI is InChI=1S/C16H22N2O3/c1-11(2)16(15(20)21)8-9-18(10-16)14(19)13(17)12-6-4-3-5-7-12/h3-7,11,13H,8-10,17H2,1-2H3,(H,20,21)/t13-,16?/m1/s1. The molecule has 1 aromatic rings. The molecule has 1 saturated heterocycles. The summed E-state index contributed by atoms with van der Waals surface area (Å²) in [5.41, 5.74) is 5.92. The molecule has 0 aliphatic carbocycles. The van der Waals surface area contributed by atoms with Crippen LogP contribution in [0.5, 0.6) is 0 Å². The number of benzene rings is 1. The Morgan fingerprint density at radius 1 is 1.29 bits per heavy atom. The summed E-state index contributed by atoms with van der Waals surface area (Å²) in [7, 11) is 0. The molecule has 0 spiro atoms. The van der Waals surface area contributed by atoms with Gasteiger partial charge in [0.05, 0.1) is 5.41 Å². The molecule has 5 nitrogen and oxygen atoms in total. The fraction of sp³-hybridized carbons (Fsp3) is 0.500. The Kier molecular flexibility index (Phi) is 4.32. The van der Waals surface area contributed by atoms with E-state index >= 15 is 0 Å². The lowest BCUT2D eigenvalue weighted by molar-refractivity contribution is -0.151.